The van der Waals surface area contributed by atoms with Crippen LogP contribution in [-0.4, -0.2) is 22.3 Å². The third-order valence-electron chi connectivity index (χ3n) is 3.94. The number of hydrogen-bond acceptors (Lipinski definition) is 2. The highest BCUT2D eigenvalue weighted by atomic mass is 32.1. The highest BCUT2D eigenvalue weighted by molar-refractivity contribution is 7.80. The quantitative estimate of drug-likeness (QED) is 0.847. The van der Waals surface area contributed by atoms with Crippen LogP contribution in [-0.2, 0) is 0 Å². The molecule has 0 saturated carbocycles. The molecule has 0 aromatic heterocycles. The van der Waals surface area contributed by atoms with E-state index in [0.29, 0.717) is 16.8 Å². The summed E-state index contributed by atoms with van der Waals surface area (Å²) in [5.41, 5.74) is 0.279. The third-order valence-corrected chi connectivity index (χ3v) is 4.28. The van der Waals surface area contributed by atoms with Crippen molar-refractivity contribution in [2.45, 2.75) is 39.0 Å². The first-order valence-electron chi connectivity index (χ1n) is 6.96. The Morgan fingerprint density at radius 1 is 1.55 bits per heavy atom. The molecule has 1 saturated heterocycles. The Bertz CT molecular complexity index is 563. The summed E-state index contributed by atoms with van der Waals surface area (Å²) in [5, 5.41) is 4.01. The molecule has 5 heteroatoms. The number of nitrogens with zero attached hydrogens (tertiary/aromatic N) is 1. The largest absolute Gasteiger partial charge is 0.465 e. The second kappa shape index (κ2) is 4.58. The van der Waals surface area contributed by atoms with Crippen molar-refractivity contribution in [3.63, 3.8) is 0 Å². The van der Waals surface area contributed by atoms with Crippen LogP contribution in [0.3, 0.4) is 0 Å². The first-order chi connectivity index (χ1) is 9.40. The minimum atomic E-state index is -0.577. The van der Waals surface area contributed by atoms with Gasteiger partial charge in [-0.05, 0) is 31.1 Å². The van der Waals surface area contributed by atoms with Gasteiger partial charge in [0.1, 0.15) is 0 Å². The monoisotopic (exact) mass is 294 g/mol. The van der Waals surface area contributed by atoms with E-state index in [0.717, 1.165) is 18.5 Å². The fourth-order valence-electron chi connectivity index (χ4n) is 3.03. The van der Waals surface area contributed by atoms with Gasteiger partial charge in [-0.3, -0.25) is 0 Å². The Balaban J connectivity index is 2.03. The van der Waals surface area contributed by atoms with Crippen molar-refractivity contribution >= 4 is 17.3 Å². The van der Waals surface area contributed by atoms with Crippen LogP contribution in [0.1, 0.15) is 38.8 Å². The molecule has 2 bridgehead atoms. The fourth-order valence-corrected chi connectivity index (χ4v) is 3.44. The van der Waals surface area contributed by atoms with E-state index in [4.69, 9.17) is 17.0 Å². The zero-order valence-corrected chi connectivity index (χ0v) is 12.8. The summed E-state index contributed by atoms with van der Waals surface area (Å²) in [5.74, 6) is 0.501. The minimum Gasteiger partial charge on any atom is -0.465 e. The van der Waals surface area contributed by atoms with E-state index < -0.39 is 5.72 Å². The number of nitrogens with one attached hydrogen (secondary N) is 1. The summed E-state index contributed by atoms with van der Waals surface area (Å²) in [6.07, 6.45) is 0.760. The molecule has 108 valence electrons. The minimum absolute atomic E-state index is 0.0235. The van der Waals surface area contributed by atoms with Crippen LogP contribution in [0.2, 0.25) is 0 Å². The maximum atomic E-state index is 14.0. The second-order valence-electron chi connectivity index (χ2n) is 6.15. The number of para-hydroxylation sites is 1. The lowest BCUT2D eigenvalue weighted by Gasteiger charge is -2.52. The zero-order valence-electron chi connectivity index (χ0n) is 11.9. The number of hydrogen-bond donors (Lipinski definition) is 1. The van der Waals surface area contributed by atoms with Crippen molar-refractivity contribution in [3.05, 3.63) is 29.6 Å². The van der Waals surface area contributed by atoms with Crippen molar-refractivity contribution in [2.24, 2.45) is 5.92 Å². The predicted octanol–water partition coefficient (Wildman–Crippen LogP) is 3.21. The molecule has 1 fully saturated rings. The molecular weight excluding hydrogens is 275 g/mol. The van der Waals surface area contributed by atoms with E-state index in [9.17, 15) is 4.39 Å². The highest BCUT2D eigenvalue weighted by Gasteiger charge is 2.48. The van der Waals surface area contributed by atoms with E-state index in [-0.39, 0.29) is 11.9 Å². The van der Waals surface area contributed by atoms with Crippen molar-refractivity contribution < 1.29 is 9.13 Å². The molecule has 2 heterocycles. The topological polar surface area (TPSA) is 24.5 Å². The molecule has 0 radical (unpaired) electrons. The molecule has 2 aliphatic rings. The van der Waals surface area contributed by atoms with Crippen LogP contribution in [0.5, 0.6) is 5.75 Å². The van der Waals surface area contributed by atoms with Gasteiger partial charge < -0.3 is 15.0 Å². The Hall–Kier alpha value is -1.36. The molecule has 3 rings (SSSR count). The molecule has 0 spiro atoms. The lowest BCUT2D eigenvalue weighted by molar-refractivity contribution is -0.0746. The zero-order chi connectivity index (χ0) is 14.5. The summed E-state index contributed by atoms with van der Waals surface area (Å²) in [6.45, 7) is 7.05. The molecule has 2 aliphatic heterocycles. The number of benzene rings is 1. The normalized spacial score (nSPS) is 27.9. The SMILES string of the molecule is CC(C)CN1C(=S)NC2CC1(C)Oc1c(F)cccc12. The Morgan fingerprint density at radius 2 is 2.30 bits per heavy atom. The first kappa shape index (κ1) is 13.6. The van der Waals surface area contributed by atoms with Gasteiger partial charge in [0.15, 0.2) is 22.4 Å². The van der Waals surface area contributed by atoms with Crippen molar-refractivity contribution in [1.82, 2.24) is 10.2 Å². The molecule has 3 nitrogen and oxygen atoms in total. The van der Waals surface area contributed by atoms with E-state index in [2.05, 4.69) is 19.2 Å². The van der Waals surface area contributed by atoms with Crippen molar-refractivity contribution in [2.75, 3.05) is 6.54 Å². The van der Waals surface area contributed by atoms with Crippen LogP contribution in [0.15, 0.2) is 18.2 Å². The Kier molecular flexibility index (Phi) is 3.12. The molecule has 2 unspecified atom stereocenters. The maximum absolute atomic E-state index is 14.0. The molecule has 0 amide bonds. The second-order valence-corrected chi connectivity index (χ2v) is 6.53. The fraction of sp³-hybridized carbons (Fsp3) is 0.533. The number of rotatable bonds is 2. The van der Waals surface area contributed by atoms with Gasteiger partial charge >= 0.3 is 0 Å². The van der Waals surface area contributed by atoms with E-state index >= 15 is 0 Å². The molecule has 0 aliphatic carbocycles. The van der Waals surface area contributed by atoms with Crippen LogP contribution >= 0.6 is 12.2 Å². The summed E-state index contributed by atoms with van der Waals surface area (Å²) in [7, 11) is 0. The first-order valence-corrected chi connectivity index (χ1v) is 7.37. The summed E-state index contributed by atoms with van der Waals surface area (Å²) >= 11 is 5.47. The Labute approximate surface area is 124 Å². The predicted molar refractivity (Wildman–Crippen MR) is 80.1 cm³/mol. The van der Waals surface area contributed by atoms with Gasteiger partial charge in [-0.25, -0.2) is 4.39 Å². The van der Waals surface area contributed by atoms with Gasteiger partial charge in [0.25, 0.3) is 0 Å². The van der Waals surface area contributed by atoms with E-state index in [1.54, 1.807) is 6.07 Å². The van der Waals surface area contributed by atoms with Crippen LogP contribution in [0.4, 0.5) is 4.39 Å². The highest BCUT2D eigenvalue weighted by Crippen LogP contribution is 2.45. The van der Waals surface area contributed by atoms with Gasteiger partial charge in [-0.15, -0.1) is 0 Å². The summed E-state index contributed by atoms with van der Waals surface area (Å²) < 4.78 is 20.1. The average Bonchev–Trinajstić information content (AvgIpc) is 2.36. The van der Waals surface area contributed by atoms with Crippen molar-refractivity contribution in [1.29, 1.82) is 0 Å². The molecule has 20 heavy (non-hydrogen) atoms. The molecule has 1 N–H and O–H groups in total. The number of thiocarbonyl (C=S) groups is 1. The van der Waals surface area contributed by atoms with Gasteiger partial charge in [0.2, 0.25) is 0 Å². The molecular formula is C15H19FN2OS. The third kappa shape index (κ3) is 2.04. The summed E-state index contributed by atoms with van der Waals surface area (Å²) in [6, 6.07) is 5.08. The van der Waals surface area contributed by atoms with Gasteiger partial charge in [-0.2, -0.15) is 0 Å². The molecule has 2 atom stereocenters. The molecule has 1 aromatic rings. The van der Waals surface area contributed by atoms with Crippen molar-refractivity contribution in [3.8, 4) is 5.75 Å². The van der Waals surface area contributed by atoms with E-state index in [1.807, 2.05) is 17.9 Å². The number of fused-ring (bicyclic) bond motifs is 4. The Morgan fingerprint density at radius 3 is 3.00 bits per heavy atom. The van der Waals surface area contributed by atoms with Gasteiger partial charge in [-0.1, -0.05) is 26.0 Å². The van der Waals surface area contributed by atoms with Crippen LogP contribution < -0.4 is 10.1 Å². The van der Waals surface area contributed by atoms with E-state index in [1.165, 1.54) is 6.07 Å². The lowest BCUT2D eigenvalue weighted by atomic mass is 9.90. The van der Waals surface area contributed by atoms with Crippen LogP contribution in [0.25, 0.3) is 0 Å². The smallest absolute Gasteiger partial charge is 0.184 e. The lowest BCUT2D eigenvalue weighted by Crippen LogP contribution is -2.65. The summed E-state index contributed by atoms with van der Waals surface area (Å²) in [4.78, 5) is 2.04. The molecule has 1 aromatic carbocycles. The van der Waals surface area contributed by atoms with Gasteiger partial charge in [0, 0.05) is 18.5 Å². The van der Waals surface area contributed by atoms with Crippen LogP contribution in [0, 0.1) is 11.7 Å². The maximum Gasteiger partial charge on any atom is 0.184 e. The van der Waals surface area contributed by atoms with Gasteiger partial charge in [0.05, 0.1) is 6.04 Å². The standard InChI is InChI=1S/C15H19FN2OS/c1-9(2)8-18-14(20)17-12-7-15(18,3)19-13-10(12)5-4-6-11(13)16/h4-6,9,12H,7-8H2,1-3H3,(H,17,20). The number of ether oxygens (including phenoxy) is 1. The number of halogens is 1. The average molecular weight is 294 g/mol.